The fraction of sp³-hybridized carbons (Fsp3) is 0. The van der Waals surface area contributed by atoms with Crippen molar-refractivity contribution in [1.29, 1.82) is 0 Å². The van der Waals surface area contributed by atoms with Crippen LogP contribution in [0.4, 0.5) is 15.9 Å². The van der Waals surface area contributed by atoms with Gasteiger partial charge in [0.2, 0.25) is 0 Å². The molecule has 2 aromatic rings. The van der Waals surface area contributed by atoms with E-state index in [9.17, 15) is 9.18 Å². The van der Waals surface area contributed by atoms with Gasteiger partial charge in [-0.2, -0.15) is 0 Å². The topological polar surface area (TPSA) is 62.2 Å². The third-order valence-corrected chi connectivity index (χ3v) is 2.82. The SMILES string of the molecule is O=C(O)c1ccc(Cl)nc1Nc1c(F)cccc1Cl. The van der Waals surface area contributed by atoms with Crippen LogP contribution in [0.25, 0.3) is 0 Å². The van der Waals surface area contributed by atoms with E-state index in [0.717, 1.165) is 0 Å². The predicted octanol–water partition coefficient (Wildman–Crippen LogP) is 3.97. The fourth-order valence-corrected chi connectivity index (χ4v) is 1.80. The molecule has 0 amide bonds. The Morgan fingerprint density at radius 3 is 2.63 bits per heavy atom. The van der Waals surface area contributed by atoms with Crippen LogP contribution < -0.4 is 5.32 Å². The number of nitrogens with one attached hydrogen (secondary N) is 1. The van der Waals surface area contributed by atoms with Crippen LogP contribution in [0.1, 0.15) is 10.4 Å². The number of nitrogens with zero attached hydrogens (tertiary/aromatic N) is 1. The zero-order valence-corrected chi connectivity index (χ0v) is 10.8. The second-order valence-corrected chi connectivity index (χ2v) is 4.35. The second-order valence-electron chi connectivity index (χ2n) is 3.56. The number of halogens is 3. The molecule has 1 heterocycles. The van der Waals surface area contributed by atoms with Gasteiger partial charge in [0.1, 0.15) is 22.4 Å². The normalized spacial score (nSPS) is 10.3. The van der Waals surface area contributed by atoms with Crippen LogP contribution in [0.5, 0.6) is 0 Å². The van der Waals surface area contributed by atoms with Gasteiger partial charge in [-0.3, -0.25) is 0 Å². The van der Waals surface area contributed by atoms with Gasteiger partial charge < -0.3 is 10.4 Å². The summed E-state index contributed by atoms with van der Waals surface area (Å²) in [4.78, 5) is 14.9. The molecule has 2 rings (SSSR count). The minimum atomic E-state index is -1.21. The van der Waals surface area contributed by atoms with Gasteiger partial charge >= 0.3 is 5.97 Å². The Morgan fingerprint density at radius 2 is 2.00 bits per heavy atom. The molecule has 0 aliphatic heterocycles. The molecule has 0 aliphatic carbocycles. The molecule has 0 unspecified atom stereocenters. The summed E-state index contributed by atoms with van der Waals surface area (Å²) in [7, 11) is 0. The van der Waals surface area contributed by atoms with Gasteiger partial charge in [0.05, 0.1) is 10.7 Å². The van der Waals surface area contributed by atoms with Crippen molar-refractivity contribution in [2.75, 3.05) is 5.32 Å². The third-order valence-electron chi connectivity index (χ3n) is 2.30. The Labute approximate surface area is 117 Å². The lowest BCUT2D eigenvalue weighted by Crippen LogP contribution is -2.06. The van der Waals surface area contributed by atoms with Gasteiger partial charge in [0.25, 0.3) is 0 Å². The maximum atomic E-state index is 13.6. The number of carboxylic acid groups (broad SMARTS) is 1. The van der Waals surface area contributed by atoms with Crippen molar-refractivity contribution in [3.63, 3.8) is 0 Å². The number of carboxylic acids is 1. The zero-order chi connectivity index (χ0) is 14.0. The lowest BCUT2D eigenvalue weighted by Gasteiger charge is -2.11. The van der Waals surface area contributed by atoms with Crippen molar-refractivity contribution in [2.24, 2.45) is 0 Å². The van der Waals surface area contributed by atoms with Crippen LogP contribution >= 0.6 is 23.2 Å². The van der Waals surface area contributed by atoms with E-state index in [4.69, 9.17) is 28.3 Å². The van der Waals surface area contributed by atoms with Gasteiger partial charge in [-0.05, 0) is 24.3 Å². The molecule has 0 aliphatic rings. The lowest BCUT2D eigenvalue weighted by molar-refractivity contribution is 0.0697. The van der Waals surface area contributed by atoms with E-state index in [-0.39, 0.29) is 27.2 Å². The van der Waals surface area contributed by atoms with Crippen molar-refractivity contribution in [2.45, 2.75) is 0 Å². The number of hydrogen-bond acceptors (Lipinski definition) is 3. The first-order valence-corrected chi connectivity index (χ1v) is 5.85. The largest absolute Gasteiger partial charge is 0.478 e. The molecule has 98 valence electrons. The van der Waals surface area contributed by atoms with Gasteiger partial charge in [-0.15, -0.1) is 0 Å². The molecule has 0 saturated carbocycles. The summed E-state index contributed by atoms with van der Waals surface area (Å²) in [6.45, 7) is 0. The van der Waals surface area contributed by atoms with Crippen LogP contribution in [0.3, 0.4) is 0 Å². The van der Waals surface area contributed by atoms with Gasteiger partial charge in [-0.25, -0.2) is 14.2 Å². The molecular formula is C12H7Cl2FN2O2. The number of benzene rings is 1. The molecule has 0 atom stereocenters. The molecule has 0 bridgehead atoms. The van der Waals surface area contributed by atoms with E-state index in [0.29, 0.717) is 0 Å². The van der Waals surface area contributed by atoms with E-state index in [1.54, 1.807) is 0 Å². The fourth-order valence-electron chi connectivity index (χ4n) is 1.44. The summed E-state index contributed by atoms with van der Waals surface area (Å²) in [5.74, 6) is -1.91. The molecule has 0 spiro atoms. The van der Waals surface area contributed by atoms with Gasteiger partial charge in [0.15, 0.2) is 0 Å². The minimum Gasteiger partial charge on any atom is -0.478 e. The highest BCUT2D eigenvalue weighted by atomic mass is 35.5. The average Bonchev–Trinajstić information content (AvgIpc) is 2.33. The van der Waals surface area contributed by atoms with Crippen molar-refractivity contribution in [3.8, 4) is 0 Å². The first-order chi connectivity index (χ1) is 8.99. The third kappa shape index (κ3) is 2.94. The van der Waals surface area contributed by atoms with Crippen molar-refractivity contribution in [1.82, 2.24) is 4.98 Å². The van der Waals surface area contributed by atoms with Crippen molar-refractivity contribution in [3.05, 3.63) is 51.9 Å². The molecule has 7 heteroatoms. The van der Waals surface area contributed by atoms with E-state index in [2.05, 4.69) is 10.3 Å². The number of para-hydroxylation sites is 1. The smallest absolute Gasteiger partial charge is 0.339 e. The highest BCUT2D eigenvalue weighted by Crippen LogP contribution is 2.29. The standard InChI is InChI=1S/C12H7Cl2FN2O2/c13-7-2-1-3-8(15)10(7)17-11-6(12(18)19)4-5-9(14)16-11/h1-5H,(H,16,17)(H,18,19). The van der Waals surface area contributed by atoms with Crippen LogP contribution in [0.2, 0.25) is 10.2 Å². The second kappa shape index (κ2) is 5.42. The lowest BCUT2D eigenvalue weighted by atomic mass is 10.2. The zero-order valence-electron chi connectivity index (χ0n) is 9.32. The minimum absolute atomic E-state index is 0.0542. The van der Waals surface area contributed by atoms with Gasteiger partial charge in [0, 0.05) is 0 Å². The average molecular weight is 301 g/mol. The maximum Gasteiger partial charge on any atom is 0.339 e. The molecular weight excluding hydrogens is 294 g/mol. The molecule has 0 fully saturated rings. The molecule has 1 aromatic carbocycles. The summed E-state index contributed by atoms with van der Waals surface area (Å²) in [6.07, 6.45) is 0. The maximum absolute atomic E-state index is 13.6. The number of rotatable bonds is 3. The Bertz CT molecular complexity index is 629. The van der Waals surface area contributed by atoms with Crippen molar-refractivity contribution < 1.29 is 14.3 Å². The monoisotopic (exact) mass is 300 g/mol. The number of hydrogen-bond donors (Lipinski definition) is 2. The Kier molecular flexibility index (Phi) is 3.87. The molecule has 0 radical (unpaired) electrons. The van der Waals surface area contributed by atoms with Crippen LogP contribution in [-0.2, 0) is 0 Å². The Balaban J connectivity index is 2.49. The summed E-state index contributed by atoms with van der Waals surface area (Å²) in [6, 6.07) is 6.71. The number of aromatic carboxylic acids is 1. The predicted molar refractivity (Wildman–Crippen MR) is 70.9 cm³/mol. The number of anilines is 2. The Hall–Kier alpha value is -1.85. The highest BCUT2D eigenvalue weighted by molar-refractivity contribution is 6.33. The highest BCUT2D eigenvalue weighted by Gasteiger charge is 2.15. The quantitative estimate of drug-likeness (QED) is 0.842. The van der Waals surface area contributed by atoms with Crippen LogP contribution in [0, 0.1) is 5.82 Å². The van der Waals surface area contributed by atoms with E-state index >= 15 is 0 Å². The van der Waals surface area contributed by atoms with Gasteiger partial charge in [-0.1, -0.05) is 29.3 Å². The number of pyridine rings is 1. The molecule has 2 N–H and O–H groups in total. The first kappa shape index (κ1) is 13.6. The number of aromatic nitrogens is 1. The van der Waals surface area contributed by atoms with E-state index in [1.807, 2.05) is 0 Å². The summed E-state index contributed by atoms with van der Waals surface area (Å²) < 4.78 is 13.6. The summed E-state index contributed by atoms with van der Waals surface area (Å²) in [5, 5.41) is 11.8. The molecule has 19 heavy (non-hydrogen) atoms. The number of carbonyl (C=O) groups is 1. The molecule has 1 aromatic heterocycles. The Morgan fingerprint density at radius 1 is 1.26 bits per heavy atom. The first-order valence-electron chi connectivity index (χ1n) is 5.10. The van der Waals surface area contributed by atoms with Crippen LogP contribution in [0.15, 0.2) is 30.3 Å². The molecule has 4 nitrogen and oxygen atoms in total. The van der Waals surface area contributed by atoms with Crippen molar-refractivity contribution >= 4 is 40.7 Å². The van der Waals surface area contributed by atoms with Crippen LogP contribution in [-0.4, -0.2) is 16.1 Å². The van der Waals surface area contributed by atoms with E-state index in [1.165, 1.54) is 30.3 Å². The van der Waals surface area contributed by atoms with E-state index < -0.39 is 11.8 Å². The molecule has 0 saturated heterocycles. The summed E-state index contributed by atoms with van der Waals surface area (Å²) >= 11 is 11.5. The summed E-state index contributed by atoms with van der Waals surface area (Å²) in [5.41, 5.74) is -0.190.